The Morgan fingerprint density at radius 2 is 1.88 bits per heavy atom. The van der Waals surface area contributed by atoms with Gasteiger partial charge in [0.1, 0.15) is 5.75 Å². The Morgan fingerprint density at radius 1 is 1.19 bits per heavy atom. The van der Waals surface area contributed by atoms with Crippen molar-refractivity contribution >= 4 is 0 Å². The van der Waals surface area contributed by atoms with Crippen molar-refractivity contribution in [2.45, 2.75) is 45.3 Å². The minimum atomic E-state index is -0.719. The Morgan fingerprint density at radius 3 is 2.44 bits per heavy atom. The highest BCUT2D eigenvalue weighted by Crippen LogP contribution is 2.22. The number of aromatic hydroxyl groups is 1. The van der Waals surface area contributed by atoms with Gasteiger partial charge < -0.3 is 15.3 Å². The molecule has 0 amide bonds. The molecule has 3 heteroatoms. The monoisotopic (exact) mass is 224 g/mol. The van der Waals surface area contributed by atoms with E-state index < -0.39 is 12.2 Å². The lowest BCUT2D eigenvalue weighted by Crippen LogP contribution is -2.25. The molecule has 0 spiro atoms. The van der Waals surface area contributed by atoms with E-state index >= 15 is 0 Å². The van der Waals surface area contributed by atoms with Crippen LogP contribution in [0.1, 0.15) is 30.9 Å². The molecule has 2 unspecified atom stereocenters. The topological polar surface area (TPSA) is 60.7 Å². The van der Waals surface area contributed by atoms with Gasteiger partial charge >= 0.3 is 0 Å². The predicted octanol–water partition coefficient (Wildman–Crippen LogP) is 1.77. The molecular weight excluding hydrogens is 204 g/mol. The smallest absolute Gasteiger partial charge is 0.119 e. The van der Waals surface area contributed by atoms with Gasteiger partial charge in [0.15, 0.2) is 0 Å². The number of aliphatic hydroxyl groups is 2. The lowest BCUT2D eigenvalue weighted by Gasteiger charge is -2.16. The number of aliphatic hydroxyl groups excluding tert-OH is 2. The fourth-order valence-electron chi connectivity index (χ4n) is 1.77. The van der Waals surface area contributed by atoms with Crippen molar-refractivity contribution in [1.29, 1.82) is 0 Å². The van der Waals surface area contributed by atoms with Crippen molar-refractivity contribution in [3.8, 4) is 5.75 Å². The third-order valence-electron chi connectivity index (χ3n) is 2.94. The van der Waals surface area contributed by atoms with Crippen molar-refractivity contribution in [1.82, 2.24) is 0 Å². The predicted molar refractivity (Wildman–Crippen MR) is 63.5 cm³/mol. The Hall–Kier alpha value is -1.06. The largest absolute Gasteiger partial charge is 0.508 e. The van der Waals surface area contributed by atoms with Gasteiger partial charge in [-0.2, -0.15) is 0 Å². The summed E-state index contributed by atoms with van der Waals surface area (Å²) in [7, 11) is 0. The van der Waals surface area contributed by atoms with Crippen LogP contribution in [-0.4, -0.2) is 27.5 Å². The molecule has 2 atom stereocenters. The van der Waals surface area contributed by atoms with Crippen LogP contribution in [0.3, 0.4) is 0 Å². The van der Waals surface area contributed by atoms with Crippen molar-refractivity contribution in [2.24, 2.45) is 0 Å². The van der Waals surface area contributed by atoms with Gasteiger partial charge in [0, 0.05) is 0 Å². The second kappa shape index (κ2) is 5.87. The Balaban J connectivity index is 2.61. The molecule has 0 saturated heterocycles. The molecular formula is C13H20O3. The second-order valence-corrected chi connectivity index (χ2v) is 4.15. The molecule has 0 aliphatic carbocycles. The van der Waals surface area contributed by atoms with Crippen LogP contribution in [0.2, 0.25) is 0 Å². The first kappa shape index (κ1) is 13.0. The third-order valence-corrected chi connectivity index (χ3v) is 2.94. The van der Waals surface area contributed by atoms with Crippen LogP contribution in [0.25, 0.3) is 0 Å². The maximum absolute atomic E-state index is 9.66. The quantitative estimate of drug-likeness (QED) is 0.714. The van der Waals surface area contributed by atoms with Crippen molar-refractivity contribution in [3.05, 3.63) is 29.3 Å². The zero-order chi connectivity index (χ0) is 12.1. The molecule has 3 nitrogen and oxygen atoms in total. The number of phenolic OH excluding ortho intramolecular Hbond substituents is 1. The number of benzene rings is 1. The number of phenols is 1. The molecule has 16 heavy (non-hydrogen) atoms. The van der Waals surface area contributed by atoms with Crippen LogP contribution in [0.5, 0.6) is 5.75 Å². The minimum absolute atomic E-state index is 0.262. The minimum Gasteiger partial charge on any atom is -0.508 e. The summed E-state index contributed by atoms with van der Waals surface area (Å²) in [5.41, 5.74) is 1.86. The average Bonchev–Trinajstić information content (AvgIpc) is 2.27. The second-order valence-electron chi connectivity index (χ2n) is 4.15. The van der Waals surface area contributed by atoms with Gasteiger partial charge in [-0.1, -0.05) is 19.1 Å². The highest BCUT2D eigenvalue weighted by Gasteiger charge is 2.15. The fourth-order valence-corrected chi connectivity index (χ4v) is 1.77. The maximum atomic E-state index is 9.66. The van der Waals surface area contributed by atoms with Crippen LogP contribution >= 0.6 is 0 Å². The molecule has 0 fully saturated rings. The van der Waals surface area contributed by atoms with Crippen LogP contribution in [0, 0.1) is 6.92 Å². The molecule has 3 N–H and O–H groups in total. The summed E-state index contributed by atoms with van der Waals surface area (Å²) in [5, 5.41) is 28.7. The van der Waals surface area contributed by atoms with Crippen molar-refractivity contribution < 1.29 is 15.3 Å². The van der Waals surface area contributed by atoms with E-state index in [1.807, 2.05) is 19.9 Å². The summed E-state index contributed by atoms with van der Waals surface area (Å²) >= 11 is 0. The number of aryl methyl sites for hydroxylation is 1. The number of hydrogen-bond acceptors (Lipinski definition) is 3. The summed E-state index contributed by atoms with van der Waals surface area (Å²) in [6, 6.07) is 5.37. The van der Waals surface area contributed by atoms with E-state index in [0.717, 1.165) is 11.1 Å². The summed E-state index contributed by atoms with van der Waals surface area (Å²) in [6.45, 7) is 3.76. The van der Waals surface area contributed by atoms with E-state index in [9.17, 15) is 15.3 Å². The maximum Gasteiger partial charge on any atom is 0.119 e. The first-order valence-electron chi connectivity index (χ1n) is 5.69. The molecule has 0 radical (unpaired) electrons. The van der Waals surface area contributed by atoms with Crippen molar-refractivity contribution in [3.63, 3.8) is 0 Å². The number of rotatable bonds is 5. The van der Waals surface area contributed by atoms with Crippen LogP contribution in [-0.2, 0) is 6.42 Å². The van der Waals surface area contributed by atoms with E-state index in [1.165, 1.54) is 0 Å². The molecule has 0 aromatic heterocycles. The van der Waals surface area contributed by atoms with E-state index in [-0.39, 0.29) is 5.75 Å². The van der Waals surface area contributed by atoms with Crippen LogP contribution < -0.4 is 0 Å². The van der Waals surface area contributed by atoms with Gasteiger partial charge in [-0.3, -0.25) is 0 Å². The van der Waals surface area contributed by atoms with Crippen molar-refractivity contribution in [2.75, 3.05) is 0 Å². The zero-order valence-corrected chi connectivity index (χ0v) is 9.85. The lowest BCUT2D eigenvalue weighted by atomic mass is 9.98. The van der Waals surface area contributed by atoms with Gasteiger partial charge in [-0.15, -0.1) is 0 Å². The first-order valence-corrected chi connectivity index (χ1v) is 5.69. The van der Waals surface area contributed by atoms with E-state index in [0.29, 0.717) is 19.3 Å². The highest BCUT2D eigenvalue weighted by molar-refractivity contribution is 5.38. The molecule has 0 aliphatic heterocycles. The molecule has 0 saturated carbocycles. The van der Waals surface area contributed by atoms with E-state index in [2.05, 4.69) is 0 Å². The number of hydrogen-bond donors (Lipinski definition) is 3. The lowest BCUT2D eigenvalue weighted by molar-refractivity contribution is 0.0130. The fraction of sp³-hybridized carbons (Fsp3) is 0.538. The van der Waals surface area contributed by atoms with E-state index in [4.69, 9.17) is 0 Å². The zero-order valence-electron chi connectivity index (χ0n) is 9.85. The third kappa shape index (κ3) is 3.22. The molecule has 1 aromatic rings. The van der Waals surface area contributed by atoms with Gasteiger partial charge in [0.25, 0.3) is 0 Å². The van der Waals surface area contributed by atoms with Gasteiger partial charge in [0.2, 0.25) is 0 Å². The molecule has 1 rings (SSSR count). The summed E-state index contributed by atoms with van der Waals surface area (Å²) in [6.07, 6.45) is 0.195. The average molecular weight is 224 g/mol. The standard InChI is InChI=1S/C13H20O3/c1-3-11(14)13(16)8-7-10-9(2)5-4-6-12(10)15/h4-6,11,13-16H,3,7-8H2,1-2H3. The summed E-state index contributed by atoms with van der Waals surface area (Å²) < 4.78 is 0. The molecule has 0 bridgehead atoms. The van der Waals surface area contributed by atoms with Gasteiger partial charge in [-0.25, -0.2) is 0 Å². The SMILES string of the molecule is CCC(O)C(O)CCc1c(C)cccc1O. The summed E-state index contributed by atoms with van der Waals surface area (Å²) in [4.78, 5) is 0. The van der Waals surface area contributed by atoms with Gasteiger partial charge in [-0.05, 0) is 43.4 Å². The Labute approximate surface area is 96.4 Å². The molecule has 0 aliphatic rings. The Bertz CT molecular complexity index is 316. The summed E-state index contributed by atoms with van der Waals surface area (Å²) in [5.74, 6) is 0.262. The van der Waals surface area contributed by atoms with Gasteiger partial charge in [0.05, 0.1) is 12.2 Å². The van der Waals surface area contributed by atoms with Crippen LogP contribution in [0.15, 0.2) is 18.2 Å². The first-order chi connectivity index (χ1) is 7.56. The molecule has 90 valence electrons. The molecule has 0 heterocycles. The van der Waals surface area contributed by atoms with E-state index in [1.54, 1.807) is 12.1 Å². The highest BCUT2D eigenvalue weighted by atomic mass is 16.3. The Kier molecular flexibility index (Phi) is 4.77. The molecule has 1 aromatic carbocycles. The normalized spacial score (nSPS) is 14.8. The van der Waals surface area contributed by atoms with Crippen LogP contribution in [0.4, 0.5) is 0 Å².